The van der Waals surface area contributed by atoms with Gasteiger partial charge in [-0.25, -0.2) is 8.42 Å². The van der Waals surface area contributed by atoms with Crippen LogP contribution < -0.4 is 34.9 Å². The second kappa shape index (κ2) is 26.1. The van der Waals surface area contributed by atoms with E-state index in [4.69, 9.17) is 0 Å². The Balaban J connectivity index is 0. The van der Waals surface area contributed by atoms with Gasteiger partial charge in [-0.05, 0) is 6.42 Å². The molecule has 0 saturated heterocycles. The van der Waals surface area contributed by atoms with Gasteiger partial charge in [0.25, 0.3) is 5.91 Å². The Kier molecular flexibility index (Phi) is 27.7. The Hall–Kier alpha value is 0.180. The SMILES string of the molecule is CCCCCCCCCCCCCCCCCCCCNC(=O)[C@H](O)[C@@H](O)[C@H](O)[C@H](O)COS(=O)(=O)[O-].[Na+]. The zero-order valence-corrected chi connectivity index (χ0v) is 26.5. The summed E-state index contributed by atoms with van der Waals surface area (Å²) in [6, 6.07) is 0. The Morgan fingerprint density at radius 2 is 1.08 bits per heavy atom. The van der Waals surface area contributed by atoms with Crippen LogP contribution >= 0.6 is 0 Å². The summed E-state index contributed by atoms with van der Waals surface area (Å²) in [5, 5.41) is 41.4. The number of nitrogens with one attached hydrogen (secondary N) is 1. The maximum absolute atomic E-state index is 11.9. The predicted molar refractivity (Wildman–Crippen MR) is 141 cm³/mol. The number of carbonyl (C=O) groups excluding carboxylic acids is 1. The number of carbonyl (C=O) groups is 1. The molecule has 38 heavy (non-hydrogen) atoms. The van der Waals surface area contributed by atoms with Crippen molar-refractivity contribution in [3.63, 3.8) is 0 Å². The molecule has 0 radical (unpaired) electrons. The van der Waals surface area contributed by atoms with Gasteiger partial charge >= 0.3 is 29.6 Å². The number of unbranched alkanes of at least 4 members (excludes halogenated alkanes) is 17. The van der Waals surface area contributed by atoms with E-state index >= 15 is 0 Å². The standard InChI is InChI=1S/C26H53NO9S.Na/c1-2-3-4-5-6-7-8-9-10-11-12-13-14-15-16-17-18-19-20-27-26(32)25(31)24(30)23(29)22(28)21-36-37(33,34)35;/h22-25,28-31H,2-21H2,1H3,(H,27,32)(H,33,34,35);/q;+1/p-1/t22-,23-,24+,25-;/m1./s1. The molecule has 0 aromatic carbocycles. The molecular formula is C26H52NNaO9S. The summed E-state index contributed by atoms with van der Waals surface area (Å²) in [5.41, 5.74) is 0. The van der Waals surface area contributed by atoms with Crippen LogP contribution in [0, 0.1) is 0 Å². The minimum Gasteiger partial charge on any atom is -0.726 e. The van der Waals surface area contributed by atoms with Crippen molar-refractivity contribution in [2.24, 2.45) is 0 Å². The average molecular weight is 578 g/mol. The van der Waals surface area contributed by atoms with Crippen molar-refractivity contribution < 1.29 is 71.9 Å². The number of aliphatic hydroxyl groups excluding tert-OH is 4. The first-order valence-corrected chi connectivity index (χ1v) is 15.5. The van der Waals surface area contributed by atoms with E-state index in [-0.39, 0.29) is 36.1 Å². The van der Waals surface area contributed by atoms with Crippen molar-refractivity contribution in [2.75, 3.05) is 13.2 Å². The van der Waals surface area contributed by atoms with Gasteiger partial charge in [-0.1, -0.05) is 116 Å². The van der Waals surface area contributed by atoms with E-state index in [1.54, 1.807) is 0 Å². The van der Waals surface area contributed by atoms with Crippen LogP contribution in [0.3, 0.4) is 0 Å². The van der Waals surface area contributed by atoms with Crippen LogP contribution in [0.1, 0.15) is 122 Å². The summed E-state index contributed by atoms with van der Waals surface area (Å²) in [6.07, 6.45) is 14.3. The molecule has 5 N–H and O–H groups in total. The summed E-state index contributed by atoms with van der Waals surface area (Å²) >= 11 is 0. The Morgan fingerprint density at radius 1 is 0.711 bits per heavy atom. The van der Waals surface area contributed by atoms with Gasteiger partial charge in [0.1, 0.15) is 18.3 Å². The fourth-order valence-corrected chi connectivity index (χ4v) is 4.47. The van der Waals surface area contributed by atoms with Crippen LogP contribution in [-0.4, -0.2) is 76.9 Å². The molecule has 12 heteroatoms. The molecule has 222 valence electrons. The van der Waals surface area contributed by atoms with Gasteiger partial charge in [-0.15, -0.1) is 0 Å². The van der Waals surface area contributed by atoms with Gasteiger partial charge in [0.05, 0.1) is 6.61 Å². The van der Waals surface area contributed by atoms with E-state index in [2.05, 4.69) is 16.4 Å². The summed E-state index contributed by atoms with van der Waals surface area (Å²) < 4.78 is 34.9. The minimum absolute atomic E-state index is 0. The summed E-state index contributed by atoms with van der Waals surface area (Å²) in [5.74, 6) is -0.928. The van der Waals surface area contributed by atoms with E-state index in [1.807, 2.05) is 0 Å². The van der Waals surface area contributed by atoms with Crippen molar-refractivity contribution >= 4 is 16.3 Å². The van der Waals surface area contributed by atoms with Crippen molar-refractivity contribution in [1.29, 1.82) is 0 Å². The van der Waals surface area contributed by atoms with Crippen molar-refractivity contribution in [2.45, 2.75) is 147 Å². The number of amides is 1. The molecule has 0 heterocycles. The smallest absolute Gasteiger partial charge is 0.726 e. The van der Waals surface area contributed by atoms with E-state index in [0.29, 0.717) is 6.42 Å². The van der Waals surface area contributed by atoms with Crippen molar-refractivity contribution in [3.8, 4) is 0 Å². The summed E-state index contributed by atoms with van der Waals surface area (Å²) in [6.45, 7) is 1.43. The average Bonchev–Trinajstić information content (AvgIpc) is 2.86. The molecule has 0 rings (SSSR count). The molecular weight excluding hydrogens is 525 g/mol. The molecule has 0 aromatic heterocycles. The van der Waals surface area contributed by atoms with Crippen LogP contribution in [0.15, 0.2) is 0 Å². The topological polar surface area (TPSA) is 176 Å². The molecule has 0 spiro atoms. The van der Waals surface area contributed by atoms with E-state index in [1.165, 1.54) is 89.9 Å². The van der Waals surface area contributed by atoms with Crippen LogP contribution in [0.5, 0.6) is 0 Å². The molecule has 0 fully saturated rings. The first kappa shape index (κ1) is 40.3. The molecule has 0 aliphatic rings. The van der Waals surface area contributed by atoms with Crippen LogP contribution in [-0.2, 0) is 19.4 Å². The third-order valence-electron chi connectivity index (χ3n) is 6.55. The Morgan fingerprint density at radius 3 is 1.45 bits per heavy atom. The fourth-order valence-electron chi connectivity index (χ4n) is 4.16. The van der Waals surface area contributed by atoms with Gasteiger partial charge in [-0.3, -0.25) is 8.98 Å². The molecule has 0 aliphatic heterocycles. The first-order chi connectivity index (χ1) is 17.6. The maximum atomic E-state index is 11.9. The predicted octanol–water partition coefficient (Wildman–Crippen LogP) is 0.0687. The molecule has 0 bridgehead atoms. The second-order valence-electron chi connectivity index (χ2n) is 9.99. The third kappa shape index (κ3) is 24.0. The van der Waals surface area contributed by atoms with Crippen LogP contribution in [0.4, 0.5) is 0 Å². The molecule has 10 nitrogen and oxygen atoms in total. The number of rotatable bonds is 26. The van der Waals surface area contributed by atoms with Crippen LogP contribution in [0.2, 0.25) is 0 Å². The normalized spacial score (nSPS) is 14.9. The number of hydrogen-bond donors (Lipinski definition) is 5. The van der Waals surface area contributed by atoms with Gasteiger partial charge < -0.3 is 30.3 Å². The molecule has 4 atom stereocenters. The monoisotopic (exact) mass is 577 g/mol. The fraction of sp³-hybridized carbons (Fsp3) is 0.962. The molecule has 0 unspecified atom stereocenters. The number of hydrogen-bond acceptors (Lipinski definition) is 9. The van der Waals surface area contributed by atoms with Gasteiger partial charge in [0.15, 0.2) is 6.10 Å². The van der Waals surface area contributed by atoms with Gasteiger partial charge in [0, 0.05) is 6.54 Å². The van der Waals surface area contributed by atoms with Gasteiger partial charge in [-0.2, -0.15) is 0 Å². The Bertz CT molecular complexity index is 655. The maximum Gasteiger partial charge on any atom is 1.00 e. The van der Waals surface area contributed by atoms with Gasteiger partial charge in [0.2, 0.25) is 10.4 Å². The van der Waals surface area contributed by atoms with E-state index in [9.17, 15) is 38.2 Å². The quantitative estimate of drug-likeness (QED) is 0.0412. The summed E-state index contributed by atoms with van der Waals surface area (Å²) in [7, 11) is -5.10. The summed E-state index contributed by atoms with van der Waals surface area (Å²) in [4.78, 5) is 11.9. The van der Waals surface area contributed by atoms with E-state index < -0.39 is 47.3 Å². The van der Waals surface area contributed by atoms with E-state index in [0.717, 1.165) is 19.3 Å². The first-order valence-electron chi connectivity index (χ1n) is 14.2. The zero-order chi connectivity index (χ0) is 27.9. The largest absolute Gasteiger partial charge is 1.00 e. The Labute approximate surface area is 252 Å². The van der Waals surface area contributed by atoms with Crippen LogP contribution in [0.25, 0.3) is 0 Å². The zero-order valence-electron chi connectivity index (χ0n) is 23.7. The number of aliphatic hydroxyl groups is 4. The van der Waals surface area contributed by atoms with Crippen molar-refractivity contribution in [3.05, 3.63) is 0 Å². The minimum atomic E-state index is -5.10. The molecule has 1 amide bonds. The van der Waals surface area contributed by atoms with Crippen molar-refractivity contribution in [1.82, 2.24) is 5.32 Å². The third-order valence-corrected chi connectivity index (χ3v) is 6.97. The second-order valence-corrected chi connectivity index (χ2v) is 11.0. The molecule has 0 aliphatic carbocycles. The molecule has 0 saturated carbocycles. The molecule has 0 aromatic rings.